The normalized spacial score (nSPS) is 15.6. The Kier molecular flexibility index (Phi) is 5.25. The third kappa shape index (κ3) is 4.16. The van der Waals surface area contributed by atoms with E-state index in [2.05, 4.69) is 11.4 Å². The lowest BCUT2D eigenvalue weighted by molar-refractivity contribution is -0.138. The van der Waals surface area contributed by atoms with Crippen molar-refractivity contribution in [2.45, 2.75) is 50.5 Å². The maximum Gasteiger partial charge on any atom is 0.416 e. The van der Waals surface area contributed by atoms with Crippen LogP contribution in [0.4, 0.5) is 23.7 Å². The molecule has 0 aromatic heterocycles. The summed E-state index contributed by atoms with van der Waals surface area (Å²) in [4.78, 5) is 12.5. The number of urea groups is 1. The fraction of sp³-hybridized carbons (Fsp3) is 0.381. The van der Waals surface area contributed by atoms with Gasteiger partial charge in [0.2, 0.25) is 10.0 Å². The summed E-state index contributed by atoms with van der Waals surface area (Å²) >= 11 is 0. The minimum Gasteiger partial charge on any atom is -0.307 e. The maximum atomic E-state index is 13.1. The molecule has 0 heterocycles. The number of nitrogens with one attached hydrogen (secondary N) is 2. The first kappa shape index (κ1) is 20.7. The Labute approximate surface area is 172 Å². The van der Waals surface area contributed by atoms with E-state index in [9.17, 15) is 26.4 Å². The highest BCUT2D eigenvalue weighted by molar-refractivity contribution is 7.89. The second kappa shape index (κ2) is 7.61. The van der Waals surface area contributed by atoms with Gasteiger partial charge in [0, 0.05) is 5.69 Å². The number of fused-ring (bicyclic) bond motifs is 2. The van der Waals surface area contributed by atoms with Gasteiger partial charge >= 0.3 is 12.2 Å². The molecule has 4 rings (SSSR count). The minimum atomic E-state index is -4.68. The molecule has 0 saturated carbocycles. The Morgan fingerprint density at radius 2 is 1.57 bits per heavy atom. The van der Waals surface area contributed by atoms with E-state index < -0.39 is 39.1 Å². The van der Waals surface area contributed by atoms with Crippen LogP contribution in [0.15, 0.2) is 30.3 Å². The molecule has 0 fully saturated rings. The van der Waals surface area contributed by atoms with Crippen molar-refractivity contribution < 1.29 is 26.4 Å². The molecule has 2 aliphatic carbocycles. The first-order valence-electron chi connectivity index (χ1n) is 9.77. The van der Waals surface area contributed by atoms with Crippen molar-refractivity contribution in [3.63, 3.8) is 0 Å². The third-order valence-electron chi connectivity index (χ3n) is 5.63. The molecule has 2 aromatic rings. The van der Waals surface area contributed by atoms with E-state index in [1.54, 1.807) is 0 Å². The van der Waals surface area contributed by atoms with Gasteiger partial charge in [0.25, 0.3) is 0 Å². The highest BCUT2D eigenvalue weighted by Crippen LogP contribution is 2.38. The molecule has 2 aliphatic rings. The molecule has 160 valence electrons. The molecule has 9 heteroatoms. The largest absolute Gasteiger partial charge is 0.416 e. The van der Waals surface area contributed by atoms with E-state index in [1.165, 1.54) is 23.3 Å². The molecule has 0 aliphatic heterocycles. The van der Waals surface area contributed by atoms with Crippen LogP contribution in [0.2, 0.25) is 0 Å². The monoisotopic (exact) mass is 438 g/mol. The van der Waals surface area contributed by atoms with Crippen LogP contribution in [-0.4, -0.2) is 14.4 Å². The molecule has 2 aromatic carbocycles. The van der Waals surface area contributed by atoms with Gasteiger partial charge in [-0.05, 0) is 72.4 Å². The summed E-state index contributed by atoms with van der Waals surface area (Å²) in [6.07, 6.45) is 0.729. The average Bonchev–Trinajstić information content (AvgIpc) is 3.29. The topological polar surface area (TPSA) is 75.3 Å². The van der Waals surface area contributed by atoms with Crippen LogP contribution in [0.5, 0.6) is 0 Å². The molecule has 0 bridgehead atoms. The van der Waals surface area contributed by atoms with Gasteiger partial charge in [0.05, 0.1) is 11.3 Å². The number of alkyl halides is 3. The number of amides is 2. The van der Waals surface area contributed by atoms with Gasteiger partial charge in [-0.15, -0.1) is 0 Å². The lowest BCUT2D eigenvalue weighted by atomic mass is 9.99. The average molecular weight is 438 g/mol. The smallest absolute Gasteiger partial charge is 0.307 e. The van der Waals surface area contributed by atoms with Gasteiger partial charge in [-0.2, -0.15) is 13.2 Å². The number of carbonyl (C=O) groups excluding carboxylic acids is 1. The van der Waals surface area contributed by atoms with Crippen molar-refractivity contribution >= 4 is 21.7 Å². The fourth-order valence-corrected chi connectivity index (χ4v) is 5.48. The Morgan fingerprint density at radius 1 is 0.967 bits per heavy atom. The number of hydrogen-bond acceptors (Lipinski definition) is 3. The quantitative estimate of drug-likeness (QED) is 0.746. The number of rotatable bonds is 4. The molecule has 0 radical (unpaired) electrons. The van der Waals surface area contributed by atoms with Crippen molar-refractivity contribution in [2.75, 3.05) is 5.32 Å². The fourth-order valence-electron chi connectivity index (χ4n) is 4.41. The van der Waals surface area contributed by atoms with E-state index >= 15 is 0 Å². The van der Waals surface area contributed by atoms with Crippen LogP contribution in [-0.2, 0) is 47.6 Å². The van der Waals surface area contributed by atoms with E-state index in [-0.39, 0.29) is 0 Å². The SMILES string of the molecule is O=C(Nc1c2c(cc3c1CCC3)CCC2)NS(=O)(=O)Cc1ccccc1C(F)(F)F. The maximum absolute atomic E-state index is 13.1. The molecule has 2 amide bonds. The van der Waals surface area contributed by atoms with Gasteiger partial charge in [-0.25, -0.2) is 17.9 Å². The summed E-state index contributed by atoms with van der Waals surface area (Å²) in [5, 5.41) is 2.68. The summed E-state index contributed by atoms with van der Waals surface area (Å²) in [7, 11) is -4.33. The number of sulfonamides is 1. The van der Waals surface area contributed by atoms with Gasteiger partial charge < -0.3 is 5.32 Å². The van der Waals surface area contributed by atoms with Crippen LogP contribution in [0.1, 0.15) is 46.2 Å². The predicted octanol–water partition coefficient (Wildman–Crippen LogP) is 4.33. The zero-order valence-electron chi connectivity index (χ0n) is 16.1. The molecule has 0 unspecified atom stereocenters. The molecule has 0 spiro atoms. The standard InChI is InChI=1S/C21H21F3N2O3S/c22-21(23,24)18-10-2-1-5-15(18)12-30(28,29)26-20(27)25-19-16-8-3-6-13(16)11-14-7-4-9-17(14)19/h1-2,5,10-11H,3-4,6-9,12H2,(H2,25,26,27). The summed E-state index contributed by atoms with van der Waals surface area (Å²) in [6, 6.07) is 5.66. The Morgan fingerprint density at radius 3 is 2.17 bits per heavy atom. The first-order chi connectivity index (χ1) is 14.1. The molecule has 2 N–H and O–H groups in total. The molecular weight excluding hydrogens is 417 g/mol. The van der Waals surface area contributed by atoms with Crippen LogP contribution in [0, 0.1) is 0 Å². The van der Waals surface area contributed by atoms with Crippen molar-refractivity contribution in [3.05, 3.63) is 63.7 Å². The number of hydrogen-bond donors (Lipinski definition) is 2. The summed E-state index contributed by atoms with van der Waals surface area (Å²) in [5.41, 5.74) is 3.64. The molecule has 0 saturated heterocycles. The number of benzene rings is 2. The molecular formula is C21H21F3N2O3S. The minimum absolute atomic E-state index is 0.410. The second-order valence-corrected chi connectivity index (χ2v) is 9.43. The highest BCUT2D eigenvalue weighted by atomic mass is 32.2. The third-order valence-corrected chi connectivity index (χ3v) is 6.82. The number of carbonyl (C=O) groups is 1. The highest BCUT2D eigenvalue weighted by Gasteiger charge is 2.34. The first-order valence-corrected chi connectivity index (χ1v) is 11.4. The summed E-state index contributed by atoms with van der Waals surface area (Å²) in [5.74, 6) is -0.943. The molecule has 5 nitrogen and oxygen atoms in total. The molecule has 0 atom stereocenters. The van der Waals surface area contributed by atoms with Crippen LogP contribution >= 0.6 is 0 Å². The van der Waals surface area contributed by atoms with E-state index in [0.29, 0.717) is 5.69 Å². The number of halogens is 3. The van der Waals surface area contributed by atoms with Gasteiger partial charge in [0.1, 0.15) is 0 Å². The number of anilines is 1. The van der Waals surface area contributed by atoms with Crippen molar-refractivity contribution in [2.24, 2.45) is 0 Å². The summed E-state index contributed by atoms with van der Waals surface area (Å²) < 4.78 is 66.1. The Balaban J connectivity index is 1.53. The van der Waals surface area contributed by atoms with E-state index in [1.807, 2.05) is 4.72 Å². The number of aryl methyl sites for hydroxylation is 2. The Hall–Kier alpha value is -2.55. The lowest BCUT2D eigenvalue weighted by Crippen LogP contribution is -2.36. The lowest BCUT2D eigenvalue weighted by Gasteiger charge is -2.17. The Bertz CT molecular complexity index is 1080. The second-order valence-electron chi connectivity index (χ2n) is 7.70. The van der Waals surface area contributed by atoms with Crippen LogP contribution in [0.25, 0.3) is 0 Å². The van der Waals surface area contributed by atoms with Crippen LogP contribution in [0.3, 0.4) is 0 Å². The van der Waals surface area contributed by atoms with Crippen molar-refractivity contribution in [1.82, 2.24) is 4.72 Å². The zero-order chi connectivity index (χ0) is 21.5. The van der Waals surface area contributed by atoms with E-state index in [4.69, 9.17) is 0 Å². The predicted molar refractivity (Wildman–Crippen MR) is 107 cm³/mol. The van der Waals surface area contributed by atoms with Gasteiger partial charge in [-0.3, -0.25) is 0 Å². The van der Waals surface area contributed by atoms with Crippen molar-refractivity contribution in [1.29, 1.82) is 0 Å². The van der Waals surface area contributed by atoms with Gasteiger partial charge in [0.15, 0.2) is 0 Å². The van der Waals surface area contributed by atoms with Gasteiger partial charge in [-0.1, -0.05) is 24.3 Å². The van der Waals surface area contributed by atoms with Crippen molar-refractivity contribution in [3.8, 4) is 0 Å². The zero-order valence-corrected chi connectivity index (χ0v) is 16.9. The summed E-state index contributed by atoms with van der Waals surface area (Å²) in [6.45, 7) is 0. The van der Waals surface area contributed by atoms with Crippen LogP contribution < -0.4 is 10.0 Å². The molecule has 30 heavy (non-hydrogen) atoms. The van der Waals surface area contributed by atoms with E-state index in [0.717, 1.165) is 61.8 Å².